The molecule has 1 saturated heterocycles. The van der Waals surface area contributed by atoms with Crippen LogP contribution in [0.15, 0.2) is 0 Å². The predicted octanol–water partition coefficient (Wildman–Crippen LogP) is 0.948. The minimum Gasteiger partial charge on any atom is -0.389 e. The average Bonchev–Trinajstić information content (AvgIpc) is 2.35. The molecule has 5 nitrogen and oxygen atoms in total. The molecule has 5 heteroatoms. The Hall–Kier alpha value is -0.200. The monoisotopic (exact) mass is 275 g/mol. The van der Waals surface area contributed by atoms with Gasteiger partial charge in [-0.15, -0.1) is 0 Å². The van der Waals surface area contributed by atoms with Crippen LogP contribution >= 0.6 is 0 Å². The van der Waals surface area contributed by atoms with Crippen molar-refractivity contribution in [3.63, 3.8) is 0 Å². The fourth-order valence-electron chi connectivity index (χ4n) is 2.25. The van der Waals surface area contributed by atoms with Crippen molar-refractivity contribution in [3.8, 4) is 0 Å². The third kappa shape index (κ3) is 7.84. The van der Waals surface area contributed by atoms with Gasteiger partial charge in [0.1, 0.15) is 0 Å². The molecule has 0 amide bonds. The lowest BCUT2D eigenvalue weighted by Crippen LogP contribution is -2.46. The highest BCUT2D eigenvalue weighted by Gasteiger charge is 2.28. The van der Waals surface area contributed by atoms with E-state index in [0.29, 0.717) is 39.0 Å². The molecular formula is C14H29NO4. The summed E-state index contributed by atoms with van der Waals surface area (Å²) >= 11 is 0. The Morgan fingerprint density at radius 1 is 1.37 bits per heavy atom. The molecule has 0 saturated carbocycles. The zero-order chi connectivity index (χ0) is 14.1. The third-order valence-corrected chi connectivity index (χ3v) is 3.23. The first kappa shape index (κ1) is 16.9. The van der Waals surface area contributed by atoms with Crippen molar-refractivity contribution < 1.29 is 19.3 Å². The van der Waals surface area contributed by atoms with E-state index in [2.05, 4.69) is 19.2 Å². The van der Waals surface area contributed by atoms with Gasteiger partial charge >= 0.3 is 0 Å². The van der Waals surface area contributed by atoms with E-state index in [1.807, 2.05) is 6.92 Å². The number of rotatable bonds is 9. The quantitative estimate of drug-likeness (QED) is 0.614. The van der Waals surface area contributed by atoms with E-state index in [1.54, 1.807) is 0 Å². The molecule has 0 aromatic rings. The Morgan fingerprint density at radius 3 is 2.79 bits per heavy atom. The molecule has 114 valence electrons. The molecule has 0 bridgehead atoms. The van der Waals surface area contributed by atoms with Crippen LogP contribution in [0.1, 0.15) is 33.6 Å². The summed E-state index contributed by atoms with van der Waals surface area (Å²) in [6.07, 6.45) is 1.51. The van der Waals surface area contributed by atoms with Crippen molar-refractivity contribution in [2.75, 3.05) is 39.6 Å². The van der Waals surface area contributed by atoms with Gasteiger partial charge in [0.05, 0.1) is 31.5 Å². The van der Waals surface area contributed by atoms with Gasteiger partial charge in [-0.3, -0.25) is 0 Å². The summed E-state index contributed by atoms with van der Waals surface area (Å²) in [6, 6.07) is 0.418. The lowest BCUT2D eigenvalue weighted by atomic mass is 9.94. The largest absolute Gasteiger partial charge is 0.389 e. The maximum Gasteiger partial charge on any atom is 0.0897 e. The maximum atomic E-state index is 9.81. The SMILES string of the molecule is CCOCCOCC(O)CNC1CCOC(C)(C)C1. The van der Waals surface area contributed by atoms with Crippen LogP contribution in [-0.2, 0) is 14.2 Å². The maximum absolute atomic E-state index is 9.81. The molecule has 2 atom stereocenters. The highest BCUT2D eigenvalue weighted by molar-refractivity contribution is 4.83. The molecule has 0 aliphatic carbocycles. The molecule has 1 fully saturated rings. The topological polar surface area (TPSA) is 60.0 Å². The predicted molar refractivity (Wildman–Crippen MR) is 74.4 cm³/mol. The smallest absolute Gasteiger partial charge is 0.0897 e. The van der Waals surface area contributed by atoms with Crippen molar-refractivity contribution in [2.45, 2.75) is 51.4 Å². The fourth-order valence-corrected chi connectivity index (χ4v) is 2.25. The second kappa shape index (κ2) is 8.87. The molecule has 1 heterocycles. The van der Waals surface area contributed by atoms with Gasteiger partial charge in [0.2, 0.25) is 0 Å². The van der Waals surface area contributed by atoms with E-state index < -0.39 is 6.10 Å². The summed E-state index contributed by atoms with van der Waals surface area (Å²) in [5, 5.41) is 13.2. The first-order valence-electron chi connectivity index (χ1n) is 7.24. The zero-order valence-corrected chi connectivity index (χ0v) is 12.5. The molecule has 0 aromatic carbocycles. The number of aliphatic hydroxyl groups is 1. The normalized spacial score (nSPS) is 24.3. The summed E-state index contributed by atoms with van der Waals surface area (Å²) < 4.78 is 16.2. The first-order chi connectivity index (χ1) is 9.03. The molecular weight excluding hydrogens is 246 g/mol. The van der Waals surface area contributed by atoms with E-state index >= 15 is 0 Å². The lowest BCUT2D eigenvalue weighted by molar-refractivity contribution is -0.0649. The zero-order valence-electron chi connectivity index (χ0n) is 12.5. The van der Waals surface area contributed by atoms with Crippen molar-refractivity contribution in [1.29, 1.82) is 0 Å². The van der Waals surface area contributed by atoms with Crippen LogP contribution in [0.2, 0.25) is 0 Å². The molecule has 1 aliphatic heterocycles. The van der Waals surface area contributed by atoms with Crippen molar-refractivity contribution in [1.82, 2.24) is 5.32 Å². The average molecular weight is 275 g/mol. The van der Waals surface area contributed by atoms with Crippen LogP contribution < -0.4 is 5.32 Å². The van der Waals surface area contributed by atoms with Gasteiger partial charge in [0.25, 0.3) is 0 Å². The number of hydrogen-bond acceptors (Lipinski definition) is 5. The second-order valence-electron chi connectivity index (χ2n) is 5.63. The summed E-state index contributed by atoms with van der Waals surface area (Å²) in [7, 11) is 0. The van der Waals surface area contributed by atoms with E-state index in [9.17, 15) is 5.11 Å². The molecule has 1 rings (SSSR count). The summed E-state index contributed by atoms with van der Waals surface area (Å²) in [5.41, 5.74) is -0.0607. The van der Waals surface area contributed by atoms with Crippen LogP contribution in [0.4, 0.5) is 0 Å². The van der Waals surface area contributed by atoms with Crippen molar-refractivity contribution in [3.05, 3.63) is 0 Å². The van der Waals surface area contributed by atoms with Crippen LogP contribution in [0.3, 0.4) is 0 Å². The molecule has 19 heavy (non-hydrogen) atoms. The standard InChI is InChI=1S/C14H29NO4/c1-4-17-7-8-18-11-13(16)10-15-12-5-6-19-14(2,3)9-12/h12-13,15-16H,4-11H2,1-3H3. The molecule has 2 unspecified atom stereocenters. The van der Waals surface area contributed by atoms with Gasteiger partial charge in [-0.2, -0.15) is 0 Å². The Labute approximate surface area is 116 Å². The van der Waals surface area contributed by atoms with Gasteiger partial charge in [-0.25, -0.2) is 0 Å². The lowest BCUT2D eigenvalue weighted by Gasteiger charge is -2.36. The van der Waals surface area contributed by atoms with Crippen molar-refractivity contribution >= 4 is 0 Å². The molecule has 0 spiro atoms. The van der Waals surface area contributed by atoms with Crippen molar-refractivity contribution in [2.24, 2.45) is 0 Å². The minimum absolute atomic E-state index is 0.0607. The molecule has 1 aliphatic rings. The Balaban J connectivity index is 2.04. The van der Waals surface area contributed by atoms with E-state index in [0.717, 1.165) is 19.4 Å². The Bertz CT molecular complexity index is 235. The van der Waals surface area contributed by atoms with Crippen LogP contribution in [0, 0.1) is 0 Å². The number of ether oxygens (including phenoxy) is 3. The number of nitrogens with one attached hydrogen (secondary N) is 1. The number of hydrogen-bond donors (Lipinski definition) is 2. The Kier molecular flexibility index (Phi) is 7.87. The Morgan fingerprint density at radius 2 is 2.11 bits per heavy atom. The fraction of sp³-hybridized carbons (Fsp3) is 1.00. The molecule has 0 radical (unpaired) electrons. The van der Waals surface area contributed by atoms with E-state index in [4.69, 9.17) is 14.2 Å². The van der Waals surface area contributed by atoms with Crippen LogP contribution in [-0.4, -0.2) is 62.4 Å². The second-order valence-corrected chi connectivity index (χ2v) is 5.63. The minimum atomic E-state index is -0.465. The van der Waals surface area contributed by atoms with Gasteiger partial charge < -0.3 is 24.6 Å². The van der Waals surface area contributed by atoms with Gasteiger partial charge in [0.15, 0.2) is 0 Å². The number of aliphatic hydroxyl groups excluding tert-OH is 1. The van der Waals surface area contributed by atoms with E-state index in [1.165, 1.54) is 0 Å². The van der Waals surface area contributed by atoms with Gasteiger partial charge in [-0.1, -0.05) is 0 Å². The summed E-state index contributed by atoms with van der Waals surface area (Å²) in [5.74, 6) is 0. The van der Waals surface area contributed by atoms with Crippen LogP contribution in [0.5, 0.6) is 0 Å². The first-order valence-corrected chi connectivity index (χ1v) is 7.24. The van der Waals surface area contributed by atoms with Crippen LogP contribution in [0.25, 0.3) is 0 Å². The highest BCUT2D eigenvalue weighted by Crippen LogP contribution is 2.23. The summed E-state index contributed by atoms with van der Waals surface area (Å²) in [6.45, 7) is 9.69. The van der Waals surface area contributed by atoms with Gasteiger partial charge in [-0.05, 0) is 33.6 Å². The van der Waals surface area contributed by atoms with Gasteiger partial charge in [0, 0.05) is 25.8 Å². The summed E-state index contributed by atoms with van der Waals surface area (Å²) in [4.78, 5) is 0. The van der Waals surface area contributed by atoms with E-state index in [-0.39, 0.29) is 5.60 Å². The highest BCUT2D eigenvalue weighted by atomic mass is 16.5. The third-order valence-electron chi connectivity index (χ3n) is 3.23. The molecule has 2 N–H and O–H groups in total. The molecule has 0 aromatic heterocycles.